The quantitative estimate of drug-likeness (QED) is 0.456. The van der Waals surface area contributed by atoms with Crippen molar-refractivity contribution in [3.8, 4) is 17.2 Å². The van der Waals surface area contributed by atoms with Crippen LogP contribution >= 0.6 is 0 Å². The zero-order valence-corrected chi connectivity index (χ0v) is 13.6. The van der Waals surface area contributed by atoms with Crippen molar-refractivity contribution in [1.82, 2.24) is 0 Å². The largest absolute Gasteiger partial charge is 0.457 e. The summed E-state index contributed by atoms with van der Waals surface area (Å²) >= 11 is 0. The summed E-state index contributed by atoms with van der Waals surface area (Å²) in [4.78, 5) is 12.3. The number of esters is 1. The Morgan fingerprint density at radius 1 is 0.875 bits per heavy atom. The molecule has 0 amide bonds. The Morgan fingerprint density at radius 3 is 2.08 bits per heavy atom. The number of carbonyl (C=O) groups excluding carboxylic acids is 1. The third-order valence-electron chi connectivity index (χ3n) is 4.88. The van der Waals surface area contributed by atoms with E-state index in [4.69, 9.17) is 9.47 Å². The molecule has 0 aromatic heterocycles. The zero-order valence-electron chi connectivity index (χ0n) is 13.6. The minimum Gasteiger partial charge on any atom is -0.457 e. The van der Waals surface area contributed by atoms with Crippen LogP contribution in [0, 0.1) is 24.7 Å². The van der Waals surface area contributed by atoms with Crippen LogP contribution in [0.1, 0.15) is 18.4 Å². The van der Waals surface area contributed by atoms with E-state index in [1.807, 2.05) is 43.3 Å². The van der Waals surface area contributed by atoms with Crippen molar-refractivity contribution in [1.29, 1.82) is 0 Å². The first-order valence-corrected chi connectivity index (χ1v) is 8.42. The minimum absolute atomic E-state index is 0.0171. The van der Waals surface area contributed by atoms with E-state index in [2.05, 4.69) is 12.2 Å². The lowest BCUT2D eigenvalue weighted by atomic mass is 9.94. The van der Waals surface area contributed by atoms with E-state index in [0.29, 0.717) is 17.6 Å². The van der Waals surface area contributed by atoms with Crippen LogP contribution in [0.25, 0.3) is 0 Å². The Hall–Kier alpha value is -2.55. The Bertz CT molecular complexity index is 759. The SMILES string of the molecule is Cc1ccc(Oc2ccc(OC(=O)C3CC4C=CC3C4)cc2)cc1. The molecule has 122 valence electrons. The fourth-order valence-electron chi connectivity index (χ4n) is 3.56. The first kappa shape index (κ1) is 15.0. The molecule has 3 atom stereocenters. The maximum absolute atomic E-state index is 12.3. The number of fused-ring (bicyclic) bond motifs is 2. The average molecular weight is 320 g/mol. The highest BCUT2D eigenvalue weighted by molar-refractivity contribution is 5.76. The number of allylic oxidation sites excluding steroid dienone is 2. The lowest BCUT2D eigenvalue weighted by Gasteiger charge is -2.16. The molecule has 0 heterocycles. The fourth-order valence-corrected chi connectivity index (χ4v) is 3.56. The maximum atomic E-state index is 12.3. The summed E-state index contributed by atoms with van der Waals surface area (Å²) in [7, 11) is 0. The summed E-state index contributed by atoms with van der Waals surface area (Å²) in [5, 5.41) is 0. The van der Waals surface area contributed by atoms with Crippen molar-refractivity contribution >= 4 is 5.97 Å². The van der Waals surface area contributed by atoms with Crippen LogP contribution in [-0.4, -0.2) is 5.97 Å². The first-order valence-electron chi connectivity index (χ1n) is 8.42. The lowest BCUT2D eigenvalue weighted by molar-refractivity contribution is -0.139. The summed E-state index contributed by atoms with van der Waals surface area (Å²) in [6.45, 7) is 2.04. The van der Waals surface area contributed by atoms with Crippen molar-refractivity contribution in [2.24, 2.45) is 17.8 Å². The molecule has 3 nitrogen and oxygen atoms in total. The predicted octanol–water partition coefficient (Wildman–Crippen LogP) is 4.90. The Morgan fingerprint density at radius 2 is 1.50 bits per heavy atom. The number of ether oxygens (including phenoxy) is 2. The molecule has 0 radical (unpaired) electrons. The summed E-state index contributed by atoms with van der Waals surface area (Å²) in [5.74, 6) is 2.93. The molecule has 2 aliphatic rings. The van der Waals surface area contributed by atoms with Crippen LogP contribution in [0.4, 0.5) is 0 Å². The normalized spacial score (nSPS) is 24.1. The lowest BCUT2D eigenvalue weighted by Crippen LogP contribution is -2.23. The molecule has 2 aliphatic carbocycles. The number of benzene rings is 2. The molecule has 4 rings (SSSR count). The molecule has 0 saturated heterocycles. The number of hydrogen-bond acceptors (Lipinski definition) is 3. The molecule has 0 N–H and O–H groups in total. The second-order valence-electron chi connectivity index (χ2n) is 6.69. The van der Waals surface area contributed by atoms with Crippen LogP contribution in [0.15, 0.2) is 60.7 Å². The summed E-state index contributed by atoms with van der Waals surface area (Å²) < 4.78 is 11.3. The Balaban J connectivity index is 1.38. The van der Waals surface area contributed by atoms with Gasteiger partial charge >= 0.3 is 5.97 Å². The van der Waals surface area contributed by atoms with Gasteiger partial charge in [-0.25, -0.2) is 0 Å². The highest BCUT2D eigenvalue weighted by Crippen LogP contribution is 2.44. The number of rotatable bonds is 4. The van der Waals surface area contributed by atoms with Crippen LogP contribution in [0.3, 0.4) is 0 Å². The predicted molar refractivity (Wildman–Crippen MR) is 92.2 cm³/mol. The monoisotopic (exact) mass is 320 g/mol. The maximum Gasteiger partial charge on any atom is 0.314 e. The van der Waals surface area contributed by atoms with Gasteiger partial charge in [0.25, 0.3) is 0 Å². The summed E-state index contributed by atoms with van der Waals surface area (Å²) in [6, 6.07) is 15.1. The fraction of sp³-hybridized carbons (Fsp3) is 0.286. The average Bonchev–Trinajstić information content (AvgIpc) is 3.22. The molecule has 1 saturated carbocycles. The standard InChI is InChI=1S/C21H20O3/c1-14-2-6-17(7-3-14)23-18-8-10-19(11-9-18)24-21(22)20-13-15-4-5-16(20)12-15/h2-11,15-16,20H,12-13H2,1H3. The molecule has 0 spiro atoms. The van der Waals surface area contributed by atoms with Gasteiger partial charge < -0.3 is 9.47 Å². The van der Waals surface area contributed by atoms with Crippen LogP contribution in [0.5, 0.6) is 17.2 Å². The molecule has 0 aliphatic heterocycles. The molecule has 3 unspecified atom stereocenters. The molecular weight excluding hydrogens is 300 g/mol. The molecule has 1 fully saturated rings. The van der Waals surface area contributed by atoms with E-state index in [1.165, 1.54) is 5.56 Å². The van der Waals surface area contributed by atoms with E-state index < -0.39 is 0 Å². The van der Waals surface area contributed by atoms with Crippen molar-refractivity contribution in [2.45, 2.75) is 19.8 Å². The van der Waals surface area contributed by atoms with Crippen molar-refractivity contribution < 1.29 is 14.3 Å². The Labute approximate surface area is 141 Å². The van der Waals surface area contributed by atoms with E-state index in [-0.39, 0.29) is 11.9 Å². The number of carbonyl (C=O) groups is 1. The minimum atomic E-state index is -0.112. The summed E-state index contributed by atoms with van der Waals surface area (Å²) in [6.07, 6.45) is 6.42. The van der Waals surface area contributed by atoms with Gasteiger partial charge in [0.1, 0.15) is 17.2 Å². The summed E-state index contributed by atoms with van der Waals surface area (Å²) in [5.41, 5.74) is 1.19. The van der Waals surface area contributed by atoms with Gasteiger partial charge in [0.15, 0.2) is 0 Å². The van der Waals surface area contributed by atoms with Gasteiger partial charge in [-0.05, 0) is 68.0 Å². The molecule has 3 heteroatoms. The molecule has 2 bridgehead atoms. The van der Waals surface area contributed by atoms with E-state index in [0.717, 1.165) is 24.3 Å². The van der Waals surface area contributed by atoms with Crippen LogP contribution in [0.2, 0.25) is 0 Å². The highest BCUT2D eigenvalue weighted by Gasteiger charge is 2.40. The first-order chi connectivity index (χ1) is 11.7. The van der Waals surface area contributed by atoms with E-state index in [1.54, 1.807) is 12.1 Å². The third-order valence-corrected chi connectivity index (χ3v) is 4.88. The van der Waals surface area contributed by atoms with Crippen LogP contribution < -0.4 is 9.47 Å². The number of hydrogen-bond donors (Lipinski definition) is 0. The van der Waals surface area contributed by atoms with Gasteiger partial charge in [0.05, 0.1) is 5.92 Å². The highest BCUT2D eigenvalue weighted by atomic mass is 16.5. The van der Waals surface area contributed by atoms with Crippen LogP contribution in [-0.2, 0) is 4.79 Å². The van der Waals surface area contributed by atoms with Crippen molar-refractivity contribution in [3.05, 3.63) is 66.2 Å². The Kier molecular flexibility index (Phi) is 3.85. The van der Waals surface area contributed by atoms with Crippen molar-refractivity contribution in [3.63, 3.8) is 0 Å². The molecule has 2 aromatic rings. The zero-order chi connectivity index (χ0) is 16.5. The van der Waals surface area contributed by atoms with Gasteiger partial charge in [-0.15, -0.1) is 0 Å². The second kappa shape index (κ2) is 6.16. The van der Waals surface area contributed by atoms with Gasteiger partial charge in [-0.3, -0.25) is 4.79 Å². The van der Waals surface area contributed by atoms with Gasteiger partial charge in [-0.2, -0.15) is 0 Å². The second-order valence-corrected chi connectivity index (χ2v) is 6.69. The van der Waals surface area contributed by atoms with E-state index in [9.17, 15) is 4.79 Å². The van der Waals surface area contributed by atoms with Gasteiger partial charge in [-0.1, -0.05) is 29.8 Å². The third kappa shape index (κ3) is 3.07. The van der Waals surface area contributed by atoms with Gasteiger partial charge in [0, 0.05) is 0 Å². The smallest absolute Gasteiger partial charge is 0.314 e. The van der Waals surface area contributed by atoms with Gasteiger partial charge in [0.2, 0.25) is 0 Å². The number of aryl methyl sites for hydroxylation is 1. The molecule has 24 heavy (non-hydrogen) atoms. The molecule has 2 aromatic carbocycles. The topological polar surface area (TPSA) is 35.5 Å². The molecular formula is C21H20O3. The van der Waals surface area contributed by atoms with E-state index >= 15 is 0 Å². The van der Waals surface area contributed by atoms with Crippen molar-refractivity contribution in [2.75, 3.05) is 0 Å².